The highest BCUT2D eigenvalue weighted by Crippen LogP contribution is 2.17. The Labute approximate surface area is 172 Å². The van der Waals surface area contributed by atoms with Crippen LogP contribution < -0.4 is 27.5 Å². The van der Waals surface area contributed by atoms with Crippen LogP contribution in [0.1, 0.15) is 13.0 Å². The smallest absolute Gasteiger partial charge is 0.408 e. The zero-order valence-corrected chi connectivity index (χ0v) is 16.2. The van der Waals surface area contributed by atoms with Gasteiger partial charge in [0.15, 0.2) is 5.58 Å². The lowest BCUT2D eigenvalue weighted by molar-refractivity contribution is -0.126. The van der Waals surface area contributed by atoms with Gasteiger partial charge in [-0.2, -0.15) is 0 Å². The molecule has 0 bridgehead atoms. The van der Waals surface area contributed by atoms with E-state index in [-0.39, 0.29) is 16.5 Å². The van der Waals surface area contributed by atoms with Gasteiger partial charge in [0.05, 0.1) is 28.5 Å². The molecule has 31 heavy (non-hydrogen) atoms. The molecule has 4 rings (SSSR count). The van der Waals surface area contributed by atoms with E-state index in [9.17, 15) is 24.0 Å². The predicted octanol–water partition coefficient (Wildman–Crippen LogP) is 0.440. The van der Waals surface area contributed by atoms with E-state index in [0.717, 1.165) is 0 Å². The van der Waals surface area contributed by atoms with Crippen LogP contribution in [0, 0.1) is 0 Å². The van der Waals surface area contributed by atoms with E-state index in [1.165, 1.54) is 29.7 Å². The summed E-state index contributed by atoms with van der Waals surface area (Å²) < 4.78 is 6.32. The Kier molecular flexibility index (Phi) is 4.99. The van der Waals surface area contributed by atoms with Crippen molar-refractivity contribution in [3.63, 3.8) is 0 Å². The SMILES string of the molecule is CC(C(=O)NCC(=O)Nc1cccc2c(=O)[nH][nH]c(=O)c12)n1c(=O)oc2ccccc21. The number of aromatic nitrogens is 3. The summed E-state index contributed by atoms with van der Waals surface area (Å²) in [7, 11) is 0. The van der Waals surface area contributed by atoms with Crippen molar-refractivity contribution < 1.29 is 14.0 Å². The summed E-state index contributed by atoms with van der Waals surface area (Å²) in [6.07, 6.45) is 0. The summed E-state index contributed by atoms with van der Waals surface area (Å²) in [5.74, 6) is -1.87. The molecule has 4 aromatic rings. The number of anilines is 1. The first-order valence-corrected chi connectivity index (χ1v) is 9.28. The zero-order valence-electron chi connectivity index (χ0n) is 16.2. The van der Waals surface area contributed by atoms with Crippen molar-refractivity contribution in [1.29, 1.82) is 0 Å². The number of hydrogen-bond acceptors (Lipinski definition) is 6. The van der Waals surface area contributed by atoms with Crippen LogP contribution in [-0.2, 0) is 9.59 Å². The molecule has 0 aliphatic carbocycles. The Morgan fingerprint density at radius 1 is 1.03 bits per heavy atom. The van der Waals surface area contributed by atoms with Gasteiger partial charge in [-0.1, -0.05) is 18.2 Å². The third-order valence-electron chi connectivity index (χ3n) is 4.81. The number of amides is 2. The van der Waals surface area contributed by atoms with Crippen LogP contribution in [0.2, 0.25) is 0 Å². The van der Waals surface area contributed by atoms with Gasteiger partial charge >= 0.3 is 5.76 Å². The Balaban J connectivity index is 1.49. The first kappa shape index (κ1) is 19.9. The molecule has 1 atom stereocenters. The van der Waals surface area contributed by atoms with Gasteiger partial charge in [-0.05, 0) is 31.2 Å². The predicted molar refractivity (Wildman–Crippen MR) is 112 cm³/mol. The molecule has 0 saturated carbocycles. The molecule has 2 aromatic carbocycles. The number of benzene rings is 2. The van der Waals surface area contributed by atoms with Crippen molar-refractivity contribution in [2.45, 2.75) is 13.0 Å². The van der Waals surface area contributed by atoms with Crippen LogP contribution in [0.4, 0.5) is 5.69 Å². The minimum atomic E-state index is -0.928. The third-order valence-corrected chi connectivity index (χ3v) is 4.81. The Morgan fingerprint density at radius 2 is 1.77 bits per heavy atom. The number of hydrogen-bond donors (Lipinski definition) is 4. The Hall–Kier alpha value is -4.41. The molecule has 158 valence electrons. The summed E-state index contributed by atoms with van der Waals surface area (Å²) in [6.45, 7) is 1.10. The first-order chi connectivity index (χ1) is 14.9. The van der Waals surface area contributed by atoms with Crippen molar-refractivity contribution in [2.24, 2.45) is 0 Å². The topological polar surface area (TPSA) is 159 Å². The Bertz CT molecular complexity index is 1490. The second kappa shape index (κ2) is 7.78. The maximum Gasteiger partial charge on any atom is 0.420 e. The van der Waals surface area contributed by atoms with Crippen molar-refractivity contribution in [1.82, 2.24) is 20.1 Å². The number of carbonyl (C=O) groups is 2. The molecule has 0 radical (unpaired) electrons. The molecule has 0 fully saturated rings. The summed E-state index contributed by atoms with van der Waals surface area (Å²) in [4.78, 5) is 60.9. The summed E-state index contributed by atoms with van der Waals surface area (Å²) in [6, 6.07) is 10.2. The van der Waals surface area contributed by atoms with Crippen LogP contribution in [0.25, 0.3) is 21.9 Å². The average Bonchev–Trinajstić information content (AvgIpc) is 3.09. The fourth-order valence-corrected chi connectivity index (χ4v) is 3.31. The molecule has 11 nitrogen and oxygen atoms in total. The van der Waals surface area contributed by atoms with Crippen LogP contribution >= 0.6 is 0 Å². The minimum absolute atomic E-state index is 0.0238. The highest BCUT2D eigenvalue weighted by Gasteiger charge is 2.21. The van der Waals surface area contributed by atoms with E-state index in [1.54, 1.807) is 24.3 Å². The molecule has 4 N–H and O–H groups in total. The van der Waals surface area contributed by atoms with Crippen LogP contribution in [0.15, 0.2) is 61.3 Å². The highest BCUT2D eigenvalue weighted by molar-refractivity contribution is 6.02. The number of para-hydroxylation sites is 2. The number of carbonyl (C=O) groups excluding carboxylic acids is 2. The molecule has 1 unspecified atom stereocenters. The van der Waals surface area contributed by atoms with Gasteiger partial charge in [0.2, 0.25) is 11.8 Å². The number of H-pyrrole nitrogens is 2. The Morgan fingerprint density at radius 3 is 2.58 bits per heavy atom. The second-order valence-electron chi connectivity index (χ2n) is 6.78. The second-order valence-corrected chi connectivity index (χ2v) is 6.78. The van der Waals surface area contributed by atoms with Gasteiger partial charge in [-0.15, -0.1) is 0 Å². The van der Waals surface area contributed by atoms with Crippen molar-refractivity contribution in [3.8, 4) is 0 Å². The van der Waals surface area contributed by atoms with Gasteiger partial charge < -0.3 is 15.1 Å². The first-order valence-electron chi connectivity index (χ1n) is 9.28. The molecular formula is C20H17N5O6. The lowest BCUT2D eigenvalue weighted by Gasteiger charge is -2.13. The number of aromatic amines is 2. The molecule has 2 amide bonds. The van der Waals surface area contributed by atoms with Gasteiger partial charge in [0.25, 0.3) is 11.1 Å². The summed E-state index contributed by atoms with van der Waals surface area (Å²) in [5.41, 5.74) is -0.143. The van der Waals surface area contributed by atoms with Gasteiger partial charge in [0, 0.05) is 0 Å². The van der Waals surface area contributed by atoms with Gasteiger partial charge in [-0.25, -0.2) is 4.79 Å². The van der Waals surface area contributed by atoms with Crippen LogP contribution in [0.3, 0.4) is 0 Å². The fraction of sp³-hybridized carbons (Fsp3) is 0.150. The summed E-state index contributed by atoms with van der Waals surface area (Å²) in [5, 5.41) is 9.51. The van der Waals surface area contributed by atoms with E-state index >= 15 is 0 Å². The number of fused-ring (bicyclic) bond motifs is 2. The highest BCUT2D eigenvalue weighted by atomic mass is 16.4. The van der Waals surface area contributed by atoms with E-state index < -0.39 is 41.3 Å². The molecule has 0 aliphatic rings. The number of nitrogens with zero attached hydrogens (tertiary/aromatic N) is 1. The molecule has 11 heteroatoms. The van der Waals surface area contributed by atoms with Crippen molar-refractivity contribution in [2.75, 3.05) is 11.9 Å². The van der Waals surface area contributed by atoms with E-state index in [4.69, 9.17) is 4.42 Å². The molecule has 0 spiro atoms. The standard InChI is InChI=1S/C20H17N5O6/c1-10(25-13-7-2-3-8-14(13)31-20(25)30)17(27)21-9-15(26)22-12-6-4-5-11-16(12)19(29)24-23-18(11)28/h2-8,10H,9H2,1H3,(H,21,27)(H,22,26)(H,23,28)(H,24,29). The molecule has 2 aromatic heterocycles. The fourth-order valence-electron chi connectivity index (χ4n) is 3.31. The number of nitrogens with one attached hydrogen (secondary N) is 4. The quantitative estimate of drug-likeness (QED) is 0.364. The maximum atomic E-state index is 12.5. The van der Waals surface area contributed by atoms with E-state index in [1.807, 2.05) is 0 Å². The lowest BCUT2D eigenvalue weighted by atomic mass is 10.1. The third kappa shape index (κ3) is 3.64. The van der Waals surface area contributed by atoms with Crippen molar-refractivity contribution in [3.05, 3.63) is 73.7 Å². The molecule has 0 aliphatic heterocycles. The number of rotatable bonds is 5. The monoisotopic (exact) mass is 423 g/mol. The lowest BCUT2D eigenvalue weighted by Crippen LogP contribution is -2.38. The molecule has 0 saturated heterocycles. The van der Waals surface area contributed by atoms with Crippen molar-refractivity contribution >= 4 is 39.4 Å². The minimum Gasteiger partial charge on any atom is -0.408 e. The maximum absolute atomic E-state index is 12.5. The largest absolute Gasteiger partial charge is 0.420 e. The van der Waals surface area contributed by atoms with E-state index in [0.29, 0.717) is 11.1 Å². The molecular weight excluding hydrogens is 406 g/mol. The number of oxazole rings is 1. The summed E-state index contributed by atoms with van der Waals surface area (Å²) >= 11 is 0. The van der Waals surface area contributed by atoms with Crippen LogP contribution in [0.5, 0.6) is 0 Å². The van der Waals surface area contributed by atoms with Crippen LogP contribution in [-0.4, -0.2) is 33.1 Å². The normalized spacial score (nSPS) is 12.0. The van der Waals surface area contributed by atoms with E-state index in [2.05, 4.69) is 20.8 Å². The van der Waals surface area contributed by atoms with Gasteiger partial charge in [-0.3, -0.25) is 33.9 Å². The molecule has 2 heterocycles. The zero-order chi connectivity index (χ0) is 22.1. The average molecular weight is 423 g/mol. The van der Waals surface area contributed by atoms with Gasteiger partial charge in [0.1, 0.15) is 6.04 Å².